The summed E-state index contributed by atoms with van der Waals surface area (Å²) in [6.45, 7) is 5.01. The molecule has 3 rings (SSSR count). The Balaban J connectivity index is 1.59. The number of carbonyl (C=O) groups excluding carboxylic acids is 2. The number of carbonyl (C=O) groups is 2. The topological polar surface area (TPSA) is 75.2 Å². The average molecular weight is 344 g/mol. The van der Waals surface area contributed by atoms with Gasteiger partial charge in [0.15, 0.2) is 0 Å². The van der Waals surface area contributed by atoms with E-state index >= 15 is 0 Å². The number of nitrogens with zero attached hydrogens (tertiary/aromatic N) is 3. The summed E-state index contributed by atoms with van der Waals surface area (Å²) >= 11 is 1.37. The van der Waals surface area contributed by atoms with E-state index in [9.17, 15) is 9.59 Å². The SMILES string of the molecule is CCc1nnc(NC(=O)C2CC(=O)N(Cc3ccc(C)cc3)C2)s1. The summed E-state index contributed by atoms with van der Waals surface area (Å²) < 4.78 is 0. The van der Waals surface area contributed by atoms with Crippen molar-refractivity contribution in [3.63, 3.8) is 0 Å². The summed E-state index contributed by atoms with van der Waals surface area (Å²) in [6.07, 6.45) is 1.04. The van der Waals surface area contributed by atoms with Crippen LogP contribution < -0.4 is 5.32 Å². The first-order chi connectivity index (χ1) is 11.5. The predicted octanol–water partition coefficient (Wildman–Crippen LogP) is 2.40. The molecule has 0 radical (unpaired) electrons. The van der Waals surface area contributed by atoms with Gasteiger partial charge >= 0.3 is 0 Å². The zero-order valence-electron chi connectivity index (χ0n) is 13.8. The highest BCUT2D eigenvalue weighted by Crippen LogP contribution is 2.23. The molecule has 0 saturated carbocycles. The molecule has 24 heavy (non-hydrogen) atoms. The highest BCUT2D eigenvalue weighted by atomic mass is 32.1. The number of nitrogens with one attached hydrogen (secondary N) is 1. The van der Waals surface area contributed by atoms with Gasteiger partial charge in [0.1, 0.15) is 5.01 Å². The minimum absolute atomic E-state index is 0.0160. The van der Waals surface area contributed by atoms with Gasteiger partial charge in [-0.25, -0.2) is 0 Å². The Labute approximate surface area is 144 Å². The largest absolute Gasteiger partial charge is 0.338 e. The lowest BCUT2D eigenvalue weighted by molar-refractivity contribution is -0.128. The first-order valence-electron chi connectivity index (χ1n) is 8.01. The van der Waals surface area contributed by atoms with Crippen molar-refractivity contribution >= 4 is 28.3 Å². The molecule has 2 aromatic rings. The third kappa shape index (κ3) is 3.79. The quantitative estimate of drug-likeness (QED) is 0.904. The standard InChI is InChI=1S/C17H20N4O2S/c1-3-14-19-20-17(24-14)18-16(23)13-8-15(22)21(10-13)9-12-6-4-11(2)5-7-12/h4-7,13H,3,8-10H2,1-2H3,(H,18,20,23). The number of likely N-dealkylation sites (tertiary alicyclic amines) is 1. The van der Waals surface area contributed by atoms with Gasteiger partial charge in [-0.3, -0.25) is 9.59 Å². The lowest BCUT2D eigenvalue weighted by Crippen LogP contribution is -2.28. The van der Waals surface area contributed by atoms with Crippen LogP contribution in [0.25, 0.3) is 0 Å². The van der Waals surface area contributed by atoms with Crippen LogP contribution in [0.15, 0.2) is 24.3 Å². The number of hydrogen-bond acceptors (Lipinski definition) is 5. The summed E-state index contributed by atoms with van der Waals surface area (Å²) in [5.41, 5.74) is 2.26. The molecule has 2 amide bonds. The van der Waals surface area contributed by atoms with Gasteiger partial charge in [-0.2, -0.15) is 0 Å². The highest BCUT2D eigenvalue weighted by molar-refractivity contribution is 7.15. The van der Waals surface area contributed by atoms with Gasteiger partial charge in [0, 0.05) is 19.5 Å². The second kappa shape index (κ2) is 7.09. The van der Waals surface area contributed by atoms with E-state index < -0.39 is 0 Å². The molecule has 1 aliphatic rings. The van der Waals surface area contributed by atoms with Gasteiger partial charge in [-0.1, -0.05) is 48.1 Å². The van der Waals surface area contributed by atoms with Crippen LogP contribution in [0, 0.1) is 12.8 Å². The van der Waals surface area contributed by atoms with Crippen molar-refractivity contribution in [2.75, 3.05) is 11.9 Å². The summed E-state index contributed by atoms with van der Waals surface area (Å²) in [5.74, 6) is -0.479. The van der Waals surface area contributed by atoms with Crippen LogP contribution in [0.3, 0.4) is 0 Å². The summed E-state index contributed by atoms with van der Waals surface area (Å²) in [5, 5.41) is 12.1. The molecule has 126 valence electrons. The average Bonchev–Trinajstić information content (AvgIpc) is 3.16. The zero-order valence-corrected chi connectivity index (χ0v) is 14.6. The van der Waals surface area contributed by atoms with Crippen LogP contribution in [0.5, 0.6) is 0 Å². The number of hydrogen-bond donors (Lipinski definition) is 1. The molecule has 1 fully saturated rings. The maximum atomic E-state index is 12.3. The fourth-order valence-electron chi connectivity index (χ4n) is 2.67. The molecule has 7 heteroatoms. The molecular formula is C17H20N4O2S. The Morgan fingerprint density at radius 3 is 2.75 bits per heavy atom. The van der Waals surface area contributed by atoms with Crippen LogP contribution >= 0.6 is 11.3 Å². The zero-order chi connectivity index (χ0) is 17.1. The lowest BCUT2D eigenvalue weighted by Gasteiger charge is -2.16. The second-order valence-electron chi connectivity index (χ2n) is 6.00. The lowest BCUT2D eigenvalue weighted by atomic mass is 10.1. The number of benzene rings is 1. The molecule has 1 unspecified atom stereocenters. The normalized spacial score (nSPS) is 17.3. The summed E-state index contributed by atoms with van der Waals surface area (Å²) in [4.78, 5) is 26.3. The van der Waals surface area contributed by atoms with Crippen molar-refractivity contribution in [2.24, 2.45) is 5.92 Å². The van der Waals surface area contributed by atoms with Crippen molar-refractivity contribution in [2.45, 2.75) is 33.2 Å². The third-order valence-electron chi connectivity index (χ3n) is 4.08. The van der Waals surface area contributed by atoms with Crippen LogP contribution in [0.4, 0.5) is 5.13 Å². The number of anilines is 1. The van der Waals surface area contributed by atoms with E-state index in [0.717, 1.165) is 17.0 Å². The van der Waals surface area contributed by atoms with Gasteiger partial charge in [0.05, 0.1) is 5.92 Å². The van der Waals surface area contributed by atoms with E-state index in [0.29, 0.717) is 18.2 Å². The molecule has 1 aromatic carbocycles. The third-order valence-corrected chi connectivity index (χ3v) is 5.06. The summed E-state index contributed by atoms with van der Waals surface area (Å²) in [6, 6.07) is 8.09. The molecule has 0 bridgehead atoms. The molecule has 1 N–H and O–H groups in total. The molecule has 1 aromatic heterocycles. The maximum absolute atomic E-state index is 12.3. The van der Waals surface area contributed by atoms with Crippen LogP contribution in [-0.4, -0.2) is 33.5 Å². The van der Waals surface area contributed by atoms with E-state index in [-0.39, 0.29) is 24.2 Å². The predicted molar refractivity (Wildman–Crippen MR) is 92.6 cm³/mol. The molecule has 6 nitrogen and oxygen atoms in total. The Hall–Kier alpha value is -2.28. The van der Waals surface area contributed by atoms with Crippen molar-refractivity contribution in [1.29, 1.82) is 0 Å². The fourth-order valence-corrected chi connectivity index (χ4v) is 3.35. The molecule has 1 aliphatic heterocycles. The number of amides is 2. The van der Waals surface area contributed by atoms with Gasteiger partial charge in [-0.15, -0.1) is 10.2 Å². The molecule has 0 aliphatic carbocycles. The van der Waals surface area contributed by atoms with Crippen molar-refractivity contribution in [3.8, 4) is 0 Å². The van der Waals surface area contributed by atoms with Gasteiger partial charge in [-0.05, 0) is 18.9 Å². The van der Waals surface area contributed by atoms with Gasteiger partial charge in [0.2, 0.25) is 16.9 Å². The van der Waals surface area contributed by atoms with E-state index in [1.54, 1.807) is 4.90 Å². The van der Waals surface area contributed by atoms with Crippen LogP contribution in [0.2, 0.25) is 0 Å². The first kappa shape index (κ1) is 16.6. The molecule has 2 heterocycles. The van der Waals surface area contributed by atoms with E-state index in [4.69, 9.17) is 0 Å². The maximum Gasteiger partial charge on any atom is 0.231 e. The Morgan fingerprint density at radius 1 is 1.33 bits per heavy atom. The monoisotopic (exact) mass is 344 g/mol. The second-order valence-corrected chi connectivity index (χ2v) is 7.07. The number of rotatable bonds is 5. The van der Waals surface area contributed by atoms with Crippen LogP contribution in [0.1, 0.15) is 29.5 Å². The highest BCUT2D eigenvalue weighted by Gasteiger charge is 2.34. The Kier molecular flexibility index (Phi) is 4.89. The Bertz CT molecular complexity index is 741. The number of aromatic nitrogens is 2. The summed E-state index contributed by atoms with van der Waals surface area (Å²) in [7, 11) is 0. The van der Waals surface area contributed by atoms with Gasteiger partial charge in [0.25, 0.3) is 0 Å². The van der Waals surface area contributed by atoms with Crippen molar-refractivity contribution < 1.29 is 9.59 Å². The van der Waals surface area contributed by atoms with Crippen LogP contribution in [-0.2, 0) is 22.6 Å². The first-order valence-corrected chi connectivity index (χ1v) is 8.83. The molecule has 1 atom stereocenters. The Morgan fingerprint density at radius 2 is 2.08 bits per heavy atom. The minimum atomic E-state index is -0.336. The molecule has 0 spiro atoms. The van der Waals surface area contributed by atoms with E-state index in [2.05, 4.69) is 15.5 Å². The van der Waals surface area contributed by atoms with Crippen molar-refractivity contribution in [1.82, 2.24) is 15.1 Å². The van der Waals surface area contributed by atoms with Crippen molar-refractivity contribution in [3.05, 3.63) is 40.4 Å². The molecular weight excluding hydrogens is 324 g/mol. The fraction of sp³-hybridized carbons (Fsp3) is 0.412. The molecule has 1 saturated heterocycles. The van der Waals surface area contributed by atoms with E-state index in [1.165, 1.54) is 16.9 Å². The smallest absolute Gasteiger partial charge is 0.231 e. The van der Waals surface area contributed by atoms with Gasteiger partial charge < -0.3 is 10.2 Å². The number of aryl methyl sites for hydroxylation is 2. The van der Waals surface area contributed by atoms with E-state index in [1.807, 2.05) is 38.1 Å². The minimum Gasteiger partial charge on any atom is -0.338 e.